The van der Waals surface area contributed by atoms with E-state index >= 15 is 0 Å². The van der Waals surface area contributed by atoms with E-state index in [0.717, 1.165) is 83.6 Å². The van der Waals surface area contributed by atoms with Crippen LogP contribution in [0.15, 0.2) is 42.5 Å². The third-order valence-electron chi connectivity index (χ3n) is 7.84. The van der Waals surface area contributed by atoms with E-state index in [1.54, 1.807) is 12.1 Å². The van der Waals surface area contributed by atoms with Gasteiger partial charge < -0.3 is 25.0 Å². The largest absolute Gasteiger partial charge is 0.396 e. The van der Waals surface area contributed by atoms with Crippen LogP contribution in [0.2, 0.25) is 5.02 Å². The predicted molar refractivity (Wildman–Crippen MR) is 171 cm³/mol. The second-order valence-corrected chi connectivity index (χ2v) is 11.3. The van der Waals surface area contributed by atoms with Gasteiger partial charge >= 0.3 is 0 Å². The first-order chi connectivity index (χ1) is 20.0. The van der Waals surface area contributed by atoms with Crippen molar-refractivity contribution in [1.29, 1.82) is 10.7 Å². The number of rotatable bonds is 12. The molecule has 0 saturated carbocycles. The number of unbranched alkanes of at least 4 members (excludes halogenated alkanes) is 2. The molecule has 2 aliphatic heterocycles. The predicted octanol–water partition coefficient (Wildman–Crippen LogP) is 7.67. The van der Waals surface area contributed by atoms with Crippen LogP contribution in [0.5, 0.6) is 0 Å². The number of hydrogen-bond acceptors (Lipinski definition) is 7. The summed E-state index contributed by atoms with van der Waals surface area (Å²) in [4.78, 5) is 4.68. The maximum atomic E-state index is 8.84. The molecule has 0 radical (unpaired) electrons. The molecule has 2 aliphatic rings. The Kier molecular flexibility index (Phi) is 14.3. The highest BCUT2D eigenvalue weighted by Gasteiger charge is 2.28. The van der Waals surface area contributed by atoms with Gasteiger partial charge in [-0.25, -0.2) is 0 Å². The highest BCUT2D eigenvalue weighted by molar-refractivity contribution is 6.36. The highest BCUT2D eigenvalue weighted by atomic mass is 35.5. The molecule has 2 saturated heterocycles. The van der Waals surface area contributed by atoms with Gasteiger partial charge in [-0.3, -0.25) is 5.41 Å². The van der Waals surface area contributed by atoms with Crippen LogP contribution >= 0.6 is 11.6 Å². The van der Waals surface area contributed by atoms with E-state index in [-0.39, 0.29) is 12.0 Å². The van der Waals surface area contributed by atoms with Crippen molar-refractivity contribution in [1.82, 2.24) is 0 Å². The quantitative estimate of drug-likeness (QED) is 0.115. The maximum absolute atomic E-state index is 8.84. The zero-order valence-corrected chi connectivity index (χ0v) is 25.7. The van der Waals surface area contributed by atoms with Crippen molar-refractivity contribution in [2.24, 2.45) is 5.92 Å². The molecule has 0 atom stereocenters. The van der Waals surface area contributed by atoms with Crippen LogP contribution in [0.25, 0.3) is 0 Å². The van der Waals surface area contributed by atoms with Gasteiger partial charge in [0.15, 0.2) is 6.29 Å². The van der Waals surface area contributed by atoms with Crippen molar-refractivity contribution in [2.75, 3.05) is 54.9 Å². The zero-order chi connectivity index (χ0) is 29.5. The van der Waals surface area contributed by atoms with E-state index in [2.05, 4.69) is 54.0 Å². The molecule has 41 heavy (non-hydrogen) atoms. The number of ether oxygens (including phenoxy) is 2. The number of piperidine rings is 2. The van der Waals surface area contributed by atoms with Crippen molar-refractivity contribution in [3.05, 3.63) is 53.1 Å². The first-order valence-corrected chi connectivity index (χ1v) is 15.7. The summed E-state index contributed by atoms with van der Waals surface area (Å²) < 4.78 is 12.1. The second-order valence-electron chi connectivity index (χ2n) is 10.9. The molecular weight excluding hydrogens is 534 g/mol. The average molecular weight is 582 g/mol. The summed E-state index contributed by atoms with van der Waals surface area (Å²) in [6, 6.07) is 16.1. The summed E-state index contributed by atoms with van der Waals surface area (Å²) >= 11 is 6.02. The number of para-hydroxylation sites is 1. The number of nitrogens with two attached hydrogens (primary N) is 1. The number of nitrogen functional groups attached to an aromatic ring is 1. The van der Waals surface area contributed by atoms with Gasteiger partial charge in [0.2, 0.25) is 0 Å². The first kappa shape index (κ1) is 32.7. The van der Waals surface area contributed by atoms with E-state index < -0.39 is 0 Å². The third-order valence-corrected chi connectivity index (χ3v) is 8.15. The molecule has 0 amide bonds. The minimum absolute atomic E-state index is 0.00831. The third kappa shape index (κ3) is 9.92. The lowest BCUT2D eigenvalue weighted by molar-refractivity contribution is -0.177. The molecule has 2 heterocycles. The number of nitrogens with one attached hydrogen (secondary N) is 1. The Balaban J connectivity index is 0.000000232. The molecular formula is C33H48ClN5O2. The molecule has 8 heteroatoms. The van der Waals surface area contributed by atoms with Gasteiger partial charge in [0.25, 0.3) is 0 Å². The molecule has 0 aliphatic carbocycles. The van der Waals surface area contributed by atoms with Crippen LogP contribution in [0.4, 0.5) is 17.1 Å². The summed E-state index contributed by atoms with van der Waals surface area (Å²) in [6.07, 6.45) is 10.4. The zero-order valence-electron chi connectivity index (χ0n) is 24.9. The molecule has 2 fully saturated rings. The minimum Gasteiger partial charge on any atom is -0.396 e. The summed E-state index contributed by atoms with van der Waals surface area (Å²) in [5.74, 6) is 0.531. The monoisotopic (exact) mass is 581 g/mol. The number of halogens is 1. The Bertz CT molecular complexity index is 1080. The SMILES string of the molecule is CCCCOC(OCCCC)C1CCN(c2ccccc2)CC1.N#CC(=N)c1c(Cl)ccc(N2CCCCC2)c1N. The highest BCUT2D eigenvalue weighted by Crippen LogP contribution is 2.34. The van der Waals surface area contributed by atoms with Crippen molar-refractivity contribution < 1.29 is 9.47 Å². The lowest BCUT2D eigenvalue weighted by Gasteiger charge is -2.37. The van der Waals surface area contributed by atoms with Crippen LogP contribution < -0.4 is 15.5 Å². The fraction of sp³-hybridized carbons (Fsp3) is 0.576. The Morgan fingerprint density at radius 2 is 1.56 bits per heavy atom. The molecule has 0 unspecified atom stereocenters. The lowest BCUT2D eigenvalue weighted by atomic mass is 9.95. The molecule has 0 spiro atoms. The fourth-order valence-corrected chi connectivity index (χ4v) is 5.64. The Hall–Kier alpha value is -2.79. The van der Waals surface area contributed by atoms with E-state index in [9.17, 15) is 0 Å². The molecule has 224 valence electrons. The van der Waals surface area contributed by atoms with Gasteiger partial charge in [-0.05, 0) is 69.2 Å². The number of anilines is 3. The van der Waals surface area contributed by atoms with Crippen molar-refractivity contribution in [2.45, 2.75) is 77.9 Å². The van der Waals surface area contributed by atoms with Gasteiger partial charge in [-0.15, -0.1) is 0 Å². The number of nitrogens with zero attached hydrogens (tertiary/aromatic N) is 3. The molecule has 3 N–H and O–H groups in total. The van der Waals surface area contributed by atoms with Crippen molar-refractivity contribution in [3.63, 3.8) is 0 Å². The second kappa shape index (κ2) is 17.9. The molecule has 7 nitrogen and oxygen atoms in total. The normalized spacial score (nSPS) is 15.8. The number of nitriles is 1. The topological polar surface area (TPSA) is 98.6 Å². The summed E-state index contributed by atoms with van der Waals surface area (Å²) in [6.45, 7) is 10.2. The lowest BCUT2D eigenvalue weighted by Crippen LogP contribution is -2.40. The first-order valence-electron chi connectivity index (χ1n) is 15.3. The van der Waals surface area contributed by atoms with Crippen LogP contribution in [0, 0.1) is 22.7 Å². The summed E-state index contributed by atoms with van der Waals surface area (Å²) in [7, 11) is 0. The Morgan fingerprint density at radius 1 is 0.951 bits per heavy atom. The van der Waals surface area contributed by atoms with Gasteiger partial charge in [0.05, 0.1) is 22.0 Å². The van der Waals surface area contributed by atoms with Crippen molar-refractivity contribution in [3.8, 4) is 6.07 Å². The van der Waals surface area contributed by atoms with Crippen LogP contribution in [-0.2, 0) is 9.47 Å². The van der Waals surface area contributed by atoms with Gasteiger partial charge in [-0.1, -0.05) is 56.5 Å². The smallest absolute Gasteiger partial charge is 0.160 e. The standard InChI is InChI=1S/C20H33NO2.C13H15ClN4/c1-3-5-16-22-20(23-17-6-4-2)18-12-14-21(15-13-18)19-10-8-7-9-11-19;14-9-4-5-11(18-6-2-1-3-7-18)13(17)12(9)10(16)8-15/h7-11,18,20H,3-6,12-17H2,1-2H3;4-5,16H,1-3,6-7,17H2. The average Bonchev–Trinajstić information content (AvgIpc) is 3.02. The molecule has 4 rings (SSSR count). The Labute approximate surface area is 252 Å². The number of hydrogen-bond donors (Lipinski definition) is 2. The maximum Gasteiger partial charge on any atom is 0.160 e. The fourth-order valence-electron chi connectivity index (χ4n) is 5.38. The molecule has 0 aromatic heterocycles. The van der Waals surface area contributed by atoms with E-state index in [0.29, 0.717) is 22.2 Å². The van der Waals surface area contributed by atoms with Gasteiger partial charge in [0.1, 0.15) is 11.8 Å². The van der Waals surface area contributed by atoms with Gasteiger partial charge in [-0.2, -0.15) is 5.26 Å². The van der Waals surface area contributed by atoms with E-state index in [1.165, 1.54) is 24.9 Å². The van der Waals surface area contributed by atoms with E-state index in [4.69, 9.17) is 37.5 Å². The summed E-state index contributed by atoms with van der Waals surface area (Å²) in [5.41, 5.74) is 8.90. The minimum atomic E-state index is -0.184. The van der Waals surface area contributed by atoms with E-state index in [1.807, 2.05) is 6.07 Å². The molecule has 0 bridgehead atoms. The van der Waals surface area contributed by atoms with Crippen LogP contribution in [0.1, 0.15) is 77.2 Å². The van der Waals surface area contributed by atoms with Gasteiger partial charge in [0, 0.05) is 51.0 Å². The van der Waals surface area contributed by atoms with Crippen molar-refractivity contribution >= 4 is 34.4 Å². The molecule has 2 aromatic carbocycles. The van der Waals surface area contributed by atoms with Crippen LogP contribution in [-0.4, -0.2) is 51.4 Å². The molecule has 2 aromatic rings. The Morgan fingerprint density at radius 3 is 2.12 bits per heavy atom. The van der Waals surface area contributed by atoms with Crippen LogP contribution in [0.3, 0.4) is 0 Å². The summed E-state index contributed by atoms with van der Waals surface area (Å²) in [5, 5.41) is 16.8. The number of benzene rings is 2.